The van der Waals surface area contributed by atoms with Gasteiger partial charge in [-0.3, -0.25) is 4.72 Å². The summed E-state index contributed by atoms with van der Waals surface area (Å²) in [5, 5.41) is 0. The molecule has 0 aliphatic heterocycles. The van der Waals surface area contributed by atoms with Gasteiger partial charge >= 0.3 is 0 Å². The molecule has 6 nitrogen and oxygen atoms in total. The third kappa shape index (κ3) is 4.81. The average molecular weight is 411 g/mol. The van der Waals surface area contributed by atoms with E-state index in [4.69, 9.17) is 5.73 Å². The molecule has 0 saturated carbocycles. The van der Waals surface area contributed by atoms with Crippen molar-refractivity contribution in [2.75, 3.05) is 16.7 Å². The summed E-state index contributed by atoms with van der Waals surface area (Å²) >= 11 is 0. The lowest BCUT2D eigenvalue weighted by atomic mass is 9.95. The van der Waals surface area contributed by atoms with E-state index in [1.807, 2.05) is 27.7 Å². The molecule has 0 aliphatic rings. The zero-order chi connectivity index (χ0) is 20.6. The van der Waals surface area contributed by atoms with E-state index in [2.05, 4.69) is 4.72 Å². The van der Waals surface area contributed by atoms with E-state index in [1.54, 1.807) is 30.3 Å². The Bertz CT molecular complexity index is 1040. The molecule has 0 amide bonds. The molecule has 0 heterocycles. The zero-order valence-corrected chi connectivity index (χ0v) is 17.8. The summed E-state index contributed by atoms with van der Waals surface area (Å²) in [6, 6.07) is 9.27. The van der Waals surface area contributed by atoms with Crippen LogP contribution in [0.3, 0.4) is 0 Å². The maximum Gasteiger partial charge on any atom is 0.262 e. The van der Waals surface area contributed by atoms with Gasteiger partial charge in [0.05, 0.1) is 9.79 Å². The first-order valence-electron chi connectivity index (χ1n) is 8.59. The summed E-state index contributed by atoms with van der Waals surface area (Å²) < 4.78 is 53.1. The van der Waals surface area contributed by atoms with Gasteiger partial charge in [-0.1, -0.05) is 33.8 Å². The Balaban J connectivity index is 2.71. The fraction of sp³-hybridized carbons (Fsp3) is 0.368. The molecule has 27 heavy (non-hydrogen) atoms. The molecular weight excluding hydrogens is 384 g/mol. The van der Waals surface area contributed by atoms with Crippen LogP contribution in [0.15, 0.2) is 46.2 Å². The highest BCUT2D eigenvalue weighted by molar-refractivity contribution is 7.93. The van der Waals surface area contributed by atoms with Crippen LogP contribution in [0, 0.1) is 0 Å². The Labute approximate surface area is 161 Å². The molecule has 0 spiro atoms. The molecular formula is C19H26N2O4S2. The van der Waals surface area contributed by atoms with Crippen molar-refractivity contribution in [3.05, 3.63) is 47.5 Å². The topological polar surface area (TPSA) is 106 Å². The molecule has 2 aromatic carbocycles. The van der Waals surface area contributed by atoms with E-state index in [0.29, 0.717) is 22.5 Å². The highest BCUT2D eigenvalue weighted by Gasteiger charge is 2.26. The third-order valence-corrected chi connectivity index (χ3v) is 6.83. The summed E-state index contributed by atoms with van der Waals surface area (Å²) in [4.78, 5) is 0.0127. The first-order valence-corrected chi connectivity index (χ1v) is 12.0. The molecule has 8 heteroatoms. The van der Waals surface area contributed by atoms with Gasteiger partial charge in [-0.15, -0.1) is 0 Å². The minimum absolute atomic E-state index is 0.0286. The van der Waals surface area contributed by atoms with E-state index in [9.17, 15) is 16.8 Å². The van der Waals surface area contributed by atoms with Crippen LogP contribution < -0.4 is 10.5 Å². The summed E-state index contributed by atoms with van der Waals surface area (Å²) in [5.74, 6) is -0.164. The number of benzene rings is 2. The summed E-state index contributed by atoms with van der Waals surface area (Å²) in [7, 11) is -7.57. The molecule has 0 bridgehead atoms. The van der Waals surface area contributed by atoms with Gasteiger partial charge in [-0.05, 0) is 53.3 Å². The van der Waals surface area contributed by atoms with E-state index < -0.39 is 19.9 Å². The zero-order valence-electron chi connectivity index (χ0n) is 16.1. The quantitative estimate of drug-likeness (QED) is 0.706. The second-order valence-electron chi connectivity index (χ2n) is 7.24. The number of nitrogens with one attached hydrogen (secondary N) is 1. The second-order valence-corrected chi connectivity index (χ2v) is 10.9. The minimum Gasteiger partial charge on any atom is -0.399 e. The van der Waals surface area contributed by atoms with Crippen LogP contribution in [0.5, 0.6) is 0 Å². The normalized spacial score (nSPS) is 12.6. The molecule has 3 N–H and O–H groups in total. The van der Waals surface area contributed by atoms with Gasteiger partial charge in [0, 0.05) is 17.6 Å². The lowest BCUT2D eigenvalue weighted by Crippen LogP contribution is -2.18. The van der Waals surface area contributed by atoms with Gasteiger partial charge in [0.15, 0.2) is 9.84 Å². The van der Waals surface area contributed by atoms with Crippen molar-refractivity contribution < 1.29 is 16.8 Å². The number of rotatable bonds is 6. The van der Waals surface area contributed by atoms with Crippen LogP contribution in [0.2, 0.25) is 0 Å². The monoisotopic (exact) mass is 410 g/mol. The van der Waals surface area contributed by atoms with Crippen molar-refractivity contribution in [3.63, 3.8) is 0 Å². The van der Waals surface area contributed by atoms with Crippen molar-refractivity contribution in [1.29, 1.82) is 0 Å². The number of nitrogen functional groups attached to an aromatic ring is 1. The SMILES string of the molecule is CC(C)c1cc(C(C)C)c(S(=O)(=O)Nc2ccc(N)cc2)cc1S(C)(=O)=O. The molecule has 0 atom stereocenters. The van der Waals surface area contributed by atoms with Crippen molar-refractivity contribution >= 4 is 31.2 Å². The molecule has 0 saturated heterocycles. The maximum atomic E-state index is 13.0. The molecule has 0 radical (unpaired) electrons. The fourth-order valence-electron chi connectivity index (χ4n) is 2.81. The van der Waals surface area contributed by atoms with E-state index in [-0.39, 0.29) is 21.6 Å². The maximum absolute atomic E-state index is 13.0. The average Bonchev–Trinajstić information content (AvgIpc) is 2.54. The number of hydrogen-bond acceptors (Lipinski definition) is 5. The lowest BCUT2D eigenvalue weighted by molar-refractivity contribution is 0.595. The summed E-state index contributed by atoms with van der Waals surface area (Å²) in [5.41, 5.74) is 7.70. The Hall–Kier alpha value is -2.06. The van der Waals surface area contributed by atoms with Crippen LogP contribution in [0.1, 0.15) is 50.7 Å². The summed E-state index contributed by atoms with van der Waals surface area (Å²) in [6.07, 6.45) is 1.09. The second kappa shape index (κ2) is 7.52. The van der Waals surface area contributed by atoms with Crippen LogP contribution in [-0.4, -0.2) is 23.1 Å². The smallest absolute Gasteiger partial charge is 0.262 e. The van der Waals surface area contributed by atoms with Crippen LogP contribution in [0.4, 0.5) is 11.4 Å². The third-order valence-electron chi connectivity index (χ3n) is 4.24. The van der Waals surface area contributed by atoms with Gasteiger partial charge in [0.1, 0.15) is 0 Å². The van der Waals surface area contributed by atoms with Crippen molar-refractivity contribution in [2.45, 2.75) is 49.3 Å². The predicted molar refractivity (Wildman–Crippen MR) is 109 cm³/mol. The molecule has 0 fully saturated rings. The van der Waals surface area contributed by atoms with Gasteiger partial charge in [-0.2, -0.15) is 0 Å². The number of nitrogens with two attached hydrogens (primary N) is 1. The lowest BCUT2D eigenvalue weighted by Gasteiger charge is -2.20. The fourth-order valence-corrected chi connectivity index (χ4v) is 5.38. The van der Waals surface area contributed by atoms with Gasteiger partial charge in [0.25, 0.3) is 10.0 Å². The van der Waals surface area contributed by atoms with E-state index in [0.717, 1.165) is 6.26 Å². The van der Waals surface area contributed by atoms with E-state index in [1.165, 1.54) is 6.07 Å². The predicted octanol–water partition coefficient (Wildman–Crippen LogP) is 3.72. The Morgan fingerprint density at radius 1 is 0.815 bits per heavy atom. The van der Waals surface area contributed by atoms with Crippen LogP contribution in [-0.2, 0) is 19.9 Å². The van der Waals surface area contributed by atoms with Crippen molar-refractivity contribution in [2.24, 2.45) is 0 Å². The highest BCUT2D eigenvalue weighted by atomic mass is 32.2. The van der Waals surface area contributed by atoms with E-state index >= 15 is 0 Å². The Kier molecular flexibility index (Phi) is 5.91. The molecule has 0 aromatic heterocycles. The van der Waals surface area contributed by atoms with Crippen molar-refractivity contribution in [1.82, 2.24) is 0 Å². The first-order chi connectivity index (χ1) is 12.3. The van der Waals surface area contributed by atoms with Crippen LogP contribution >= 0.6 is 0 Å². The highest BCUT2D eigenvalue weighted by Crippen LogP contribution is 2.34. The molecule has 2 aromatic rings. The number of sulfone groups is 1. The Morgan fingerprint density at radius 3 is 1.74 bits per heavy atom. The van der Waals surface area contributed by atoms with Crippen molar-refractivity contribution in [3.8, 4) is 0 Å². The van der Waals surface area contributed by atoms with Gasteiger partial charge in [-0.25, -0.2) is 16.8 Å². The number of sulfonamides is 1. The largest absolute Gasteiger partial charge is 0.399 e. The molecule has 0 unspecified atom stereocenters. The summed E-state index contributed by atoms with van der Waals surface area (Å²) in [6.45, 7) is 7.52. The molecule has 148 valence electrons. The molecule has 0 aliphatic carbocycles. The van der Waals surface area contributed by atoms with Gasteiger partial charge in [0.2, 0.25) is 0 Å². The number of anilines is 2. The standard InChI is InChI=1S/C19H26N2O4S2/c1-12(2)16-10-17(13(3)4)19(11-18(16)26(5,22)23)27(24,25)21-15-8-6-14(20)7-9-15/h6-13,21H,20H2,1-5H3. The van der Waals surface area contributed by atoms with Crippen LogP contribution in [0.25, 0.3) is 0 Å². The minimum atomic E-state index is -3.98. The first kappa shape index (κ1) is 21.2. The number of hydrogen-bond donors (Lipinski definition) is 2. The molecule has 2 rings (SSSR count). The Morgan fingerprint density at radius 2 is 1.30 bits per heavy atom. The van der Waals surface area contributed by atoms with Gasteiger partial charge < -0.3 is 5.73 Å².